The smallest absolute Gasteiger partial charge is 0.267 e. The Kier molecular flexibility index (Phi) is 4.56. The van der Waals surface area contributed by atoms with Crippen LogP contribution in [0.1, 0.15) is 42.8 Å². The Bertz CT molecular complexity index is 1110. The average molecular weight is 393 g/mol. The van der Waals surface area contributed by atoms with E-state index in [1.165, 1.54) is 12.8 Å². The number of rotatable bonds is 3. The molecule has 0 atom stereocenters. The van der Waals surface area contributed by atoms with Gasteiger partial charge in [-0.05, 0) is 56.9 Å². The third-order valence-corrected chi connectivity index (χ3v) is 6.30. The summed E-state index contributed by atoms with van der Waals surface area (Å²) in [5.74, 6) is 2.21. The molecule has 29 heavy (non-hydrogen) atoms. The van der Waals surface area contributed by atoms with Crippen molar-refractivity contribution in [2.45, 2.75) is 52.0 Å². The third kappa shape index (κ3) is 3.41. The van der Waals surface area contributed by atoms with E-state index in [1.54, 1.807) is 9.36 Å². The predicted molar refractivity (Wildman–Crippen MR) is 111 cm³/mol. The van der Waals surface area contributed by atoms with E-state index >= 15 is 0 Å². The van der Waals surface area contributed by atoms with Gasteiger partial charge in [0.15, 0.2) is 5.65 Å². The van der Waals surface area contributed by atoms with Crippen molar-refractivity contribution in [3.05, 3.63) is 39.7 Å². The highest BCUT2D eigenvalue weighted by Crippen LogP contribution is 2.28. The lowest BCUT2D eigenvalue weighted by Crippen LogP contribution is -2.37. The second-order valence-electron chi connectivity index (χ2n) is 8.37. The number of hydrogen-bond donors (Lipinski definition) is 0. The lowest BCUT2D eigenvalue weighted by Gasteiger charge is -2.33. The molecule has 0 spiro atoms. The fourth-order valence-electron chi connectivity index (χ4n) is 4.66. The Morgan fingerprint density at radius 2 is 1.93 bits per heavy atom. The molecule has 8 heteroatoms. The summed E-state index contributed by atoms with van der Waals surface area (Å²) in [5.41, 5.74) is 3.21. The van der Waals surface area contributed by atoms with Gasteiger partial charge in [-0.3, -0.25) is 9.48 Å². The van der Waals surface area contributed by atoms with E-state index in [-0.39, 0.29) is 5.56 Å². The number of fused-ring (bicyclic) bond motifs is 2. The highest BCUT2D eigenvalue weighted by molar-refractivity contribution is 5.87. The molecule has 3 aromatic rings. The molecule has 3 aromatic heterocycles. The van der Waals surface area contributed by atoms with Gasteiger partial charge in [-0.25, -0.2) is 14.6 Å². The largest absolute Gasteiger partial charge is 0.356 e. The molecule has 1 fully saturated rings. The quantitative estimate of drug-likeness (QED) is 0.677. The van der Waals surface area contributed by atoms with E-state index in [4.69, 9.17) is 10.1 Å². The summed E-state index contributed by atoms with van der Waals surface area (Å²) < 4.78 is 3.51. The number of anilines is 1. The van der Waals surface area contributed by atoms with Gasteiger partial charge in [0.1, 0.15) is 11.6 Å². The highest BCUT2D eigenvalue weighted by Gasteiger charge is 2.24. The fourth-order valence-corrected chi connectivity index (χ4v) is 4.66. The summed E-state index contributed by atoms with van der Waals surface area (Å²) >= 11 is 0. The van der Waals surface area contributed by atoms with Crippen molar-refractivity contribution in [3.63, 3.8) is 0 Å². The van der Waals surface area contributed by atoms with Crippen LogP contribution >= 0.6 is 0 Å². The van der Waals surface area contributed by atoms with Crippen LogP contribution in [0.25, 0.3) is 11.0 Å². The normalized spacial score (nSPS) is 17.7. The van der Waals surface area contributed by atoms with Crippen LogP contribution in [-0.4, -0.2) is 42.6 Å². The van der Waals surface area contributed by atoms with Crippen LogP contribution in [0, 0.1) is 12.8 Å². The average Bonchev–Trinajstić information content (AvgIpc) is 3.09. The molecule has 152 valence electrons. The number of piperidine rings is 1. The maximum Gasteiger partial charge on any atom is 0.267 e. The molecule has 0 N–H and O–H groups in total. The van der Waals surface area contributed by atoms with Crippen LogP contribution in [0.5, 0.6) is 0 Å². The van der Waals surface area contributed by atoms with Gasteiger partial charge in [0.2, 0.25) is 0 Å². The minimum Gasteiger partial charge on any atom is -0.356 e. The minimum atomic E-state index is 0.0524. The molecule has 8 nitrogen and oxygen atoms in total. The fraction of sp³-hybridized carbons (Fsp3) is 0.571. The van der Waals surface area contributed by atoms with Gasteiger partial charge in [0.05, 0.1) is 17.3 Å². The Morgan fingerprint density at radius 1 is 1.14 bits per heavy atom. The molecule has 0 saturated carbocycles. The summed E-state index contributed by atoms with van der Waals surface area (Å²) in [5, 5.41) is 10.1. The first-order chi connectivity index (χ1) is 14.1. The van der Waals surface area contributed by atoms with Gasteiger partial charge in [-0.2, -0.15) is 10.2 Å². The Balaban J connectivity index is 1.31. The molecule has 4 heterocycles. The lowest BCUT2D eigenvalue weighted by atomic mass is 9.95. The first kappa shape index (κ1) is 18.3. The van der Waals surface area contributed by atoms with Crippen LogP contribution in [0.2, 0.25) is 0 Å². The Morgan fingerprint density at radius 3 is 2.76 bits per heavy atom. The molecule has 5 rings (SSSR count). The molecule has 0 radical (unpaired) electrons. The highest BCUT2D eigenvalue weighted by atomic mass is 16.1. The van der Waals surface area contributed by atoms with Crippen LogP contribution in [-0.2, 0) is 26.4 Å². The van der Waals surface area contributed by atoms with Gasteiger partial charge in [-0.1, -0.05) is 0 Å². The SMILES string of the molecule is Cc1nc(N2CCC(Cn3nc4c(cc3=O)CCCC4)CC2)c2cnn(C)c2n1. The van der Waals surface area contributed by atoms with Gasteiger partial charge < -0.3 is 4.90 Å². The number of aromatic nitrogens is 6. The molecular weight excluding hydrogens is 366 g/mol. The minimum absolute atomic E-state index is 0.0524. The van der Waals surface area contributed by atoms with Crippen molar-refractivity contribution in [2.24, 2.45) is 13.0 Å². The molecule has 2 aliphatic rings. The van der Waals surface area contributed by atoms with Crippen molar-refractivity contribution in [1.82, 2.24) is 29.5 Å². The van der Waals surface area contributed by atoms with Crippen molar-refractivity contribution in [2.75, 3.05) is 18.0 Å². The first-order valence-electron chi connectivity index (χ1n) is 10.6. The lowest BCUT2D eigenvalue weighted by molar-refractivity contribution is 0.331. The van der Waals surface area contributed by atoms with Crippen LogP contribution < -0.4 is 10.5 Å². The molecule has 1 aliphatic carbocycles. The van der Waals surface area contributed by atoms with E-state index in [0.29, 0.717) is 12.5 Å². The second-order valence-corrected chi connectivity index (χ2v) is 8.37. The summed E-state index contributed by atoms with van der Waals surface area (Å²) in [4.78, 5) is 24.1. The van der Waals surface area contributed by atoms with E-state index in [2.05, 4.69) is 15.0 Å². The standard InChI is InChI=1S/C21H27N7O/c1-14-23-20-17(12-22-26(20)2)21(24-14)27-9-7-15(8-10-27)13-28-19(29)11-16-5-3-4-6-18(16)25-28/h11-12,15H,3-10,13H2,1-2H3. The number of aryl methyl sites for hydroxylation is 4. The van der Waals surface area contributed by atoms with Crippen LogP contribution in [0.4, 0.5) is 5.82 Å². The van der Waals surface area contributed by atoms with Crippen molar-refractivity contribution in [1.29, 1.82) is 0 Å². The molecule has 0 bridgehead atoms. The van der Waals surface area contributed by atoms with Crippen molar-refractivity contribution in [3.8, 4) is 0 Å². The van der Waals surface area contributed by atoms with Gasteiger partial charge in [-0.15, -0.1) is 0 Å². The van der Waals surface area contributed by atoms with E-state index in [0.717, 1.165) is 72.7 Å². The maximum atomic E-state index is 12.5. The summed E-state index contributed by atoms with van der Waals surface area (Å²) in [7, 11) is 1.91. The molecule has 0 aromatic carbocycles. The second kappa shape index (κ2) is 7.24. The van der Waals surface area contributed by atoms with E-state index < -0.39 is 0 Å². The zero-order valence-electron chi connectivity index (χ0n) is 17.1. The van der Waals surface area contributed by atoms with Gasteiger partial charge in [0, 0.05) is 32.7 Å². The summed E-state index contributed by atoms with van der Waals surface area (Å²) in [6, 6.07) is 1.82. The van der Waals surface area contributed by atoms with Gasteiger partial charge in [0.25, 0.3) is 5.56 Å². The van der Waals surface area contributed by atoms with Crippen molar-refractivity contribution < 1.29 is 0 Å². The molecule has 1 saturated heterocycles. The maximum absolute atomic E-state index is 12.5. The Hall–Kier alpha value is -2.77. The summed E-state index contributed by atoms with van der Waals surface area (Å²) in [6.07, 6.45) is 8.25. The number of nitrogens with zero attached hydrogens (tertiary/aromatic N) is 7. The monoisotopic (exact) mass is 393 g/mol. The molecule has 0 unspecified atom stereocenters. The predicted octanol–water partition coefficient (Wildman–Crippen LogP) is 2.02. The van der Waals surface area contributed by atoms with Crippen LogP contribution in [0.3, 0.4) is 0 Å². The Labute approximate surface area is 169 Å². The van der Waals surface area contributed by atoms with E-state index in [9.17, 15) is 4.79 Å². The molecule has 0 amide bonds. The zero-order chi connectivity index (χ0) is 20.0. The summed E-state index contributed by atoms with van der Waals surface area (Å²) in [6.45, 7) is 4.48. The number of hydrogen-bond acceptors (Lipinski definition) is 6. The van der Waals surface area contributed by atoms with E-state index in [1.807, 2.05) is 26.2 Å². The molecule has 1 aliphatic heterocycles. The molecular formula is C21H27N7O. The first-order valence-corrected chi connectivity index (χ1v) is 10.6. The van der Waals surface area contributed by atoms with Crippen LogP contribution in [0.15, 0.2) is 17.1 Å². The zero-order valence-corrected chi connectivity index (χ0v) is 17.1. The van der Waals surface area contributed by atoms with Gasteiger partial charge >= 0.3 is 0 Å². The van der Waals surface area contributed by atoms with Crippen molar-refractivity contribution >= 4 is 16.9 Å². The topological polar surface area (TPSA) is 81.7 Å². The third-order valence-electron chi connectivity index (χ3n) is 6.30.